The summed E-state index contributed by atoms with van der Waals surface area (Å²) in [6.07, 6.45) is -3.60. The fraction of sp³-hybridized carbons (Fsp3) is 0.625. The van der Waals surface area contributed by atoms with Gasteiger partial charge in [-0.15, -0.1) is 0 Å². The Morgan fingerprint density at radius 1 is 1.57 bits per heavy atom. The lowest BCUT2D eigenvalue weighted by Crippen LogP contribution is -2.18. The highest BCUT2D eigenvalue weighted by Gasteiger charge is 2.28. The second-order valence-corrected chi connectivity index (χ2v) is 3.14. The van der Waals surface area contributed by atoms with E-state index in [4.69, 9.17) is 5.73 Å². The van der Waals surface area contributed by atoms with Crippen LogP contribution >= 0.6 is 0 Å². The number of aromatic nitrogens is 2. The molecule has 0 radical (unpaired) electrons. The summed E-state index contributed by atoms with van der Waals surface area (Å²) in [7, 11) is 1.66. The van der Waals surface area contributed by atoms with E-state index in [0.717, 1.165) is 0 Å². The van der Waals surface area contributed by atoms with Gasteiger partial charge in [0.15, 0.2) is 0 Å². The van der Waals surface area contributed by atoms with Crippen molar-refractivity contribution in [2.24, 2.45) is 12.8 Å². The Morgan fingerprint density at radius 2 is 2.21 bits per heavy atom. The molecule has 2 N–H and O–H groups in total. The number of aryl methyl sites for hydroxylation is 1. The zero-order valence-electron chi connectivity index (χ0n) is 7.75. The van der Waals surface area contributed by atoms with Crippen LogP contribution in [-0.4, -0.2) is 16.0 Å². The summed E-state index contributed by atoms with van der Waals surface area (Å²) in [6, 6.07) is 1.02. The van der Waals surface area contributed by atoms with Gasteiger partial charge in [0.05, 0.1) is 5.69 Å². The number of nitrogens with zero attached hydrogens (tertiary/aromatic N) is 2. The van der Waals surface area contributed by atoms with E-state index in [1.807, 2.05) is 0 Å². The van der Waals surface area contributed by atoms with Gasteiger partial charge in [-0.25, -0.2) is 0 Å². The van der Waals surface area contributed by atoms with E-state index in [0.29, 0.717) is 5.69 Å². The maximum absolute atomic E-state index is 11.9. The van der Waals surface area contributed by atoms with Gasteiger partial charge in [0.2, 0.25) is 0 Å². The number of hydrogen-bond acceptors (Lipinski definition) is 2. The molecule has 0 saturated heterocycles. The molecule has 0 spiro atoms. The molecule has 0 aromatic carbocycles. The van der Waals surface area contributed by atoms with Gasteiger partial charge >= 0.3 is 6.18 Å². The van der Waals surface area contributed by atoms with Crippen LogP contribution in [-0.2, 0) is 7.05 Å². The molecule has 1 atom stereocenters. The first kappa shape index (κ1) is 11.0. The minimum atomic E-state index is -4.14. The molecule has 1 unspecified atom stereocenters. The van der Waals surface area contributed by atoms with E-state index in [1.165, 1.54) is 10.9 Å². The summed E-state index contributed by atoms with van der Waals surface area (Å²) in [5.41, 5.74) is 6.21. The van der Waals surface area contributed by atoms with Crippen LogP contribution in [0.1, 0.15) is 24.6 Å². The summed E-state index contributed by atoms with van der Waals surface area (Å²) < 4.78 is 37.1. The van der Waals surface area contributed by atoms with Gasteiger partial charge in [-0.2, -0.15) is 18.3 Å². The minimum Gasteiger partial charge on any atom is -0.323 e. The molecular formula is C8H12F3N3. The molecule has 1 rings (SSSR count). The van der Waals surface area contributed by atoms with Crippen LogP contribution in [0.25, 0.3) is 0 Å². The van der Waals surface area contributed by atoms with Crippen LogP contribution in [0.4, 0.5) is 13.2 Å². The second kappa shape index (κ2) is 4.00. The second-order valence-electron chi connectivity index (χ2n) is 3.14. The molecule has 0 amide bonds. The van der Waals surface area contributed by atoms with Crippen molar-refractivity contribution in [1.82, 2.24) is 9.78 Å². The third-order valence-corrected chi connectivity index (χ3v) is 1.98. The van der Waals surface area contributed by atoms with E-state index in [2.05, 4.69) is 5.10 Å². The Kier molecular flexibility index (Phi) is 3.15. The maximum Gasteiger partial charge on any atom is 0.389 e. The third kappa shape index (κ3) is 3.02. The standard InChI is InChI=1S/C8H12F3N3/c1-14-7(3-5-13-14)6(12)2-4-8(9,10)11/h3,5-6H,2,4,12H2,1H3. The number of rotatable bonds is 3. The largest absolute Gasteiger partial charge is 0.389 e. The summed E-state index contributed by atoms with van der Waals surface area (Å²) in [6.45, 7) is 0. The number of hydrogen-bond donors (Lipinski definition) is 1. The van der Waals surface area contributed by atoms with Crippen LogP contribution in [0.15, 0.2) is 12.3 Å². The van der Waals surface area contributed by atoms with Crippen molar-refractivity contribution in [2.45, 2.75) is 25.1 Å². The van der Waals surface area contributed by atoms with E-state index >= 15 is 0 Å². The van der Waals surface area contributed by atoms with Gasteiger partial charge < -0.3 is 5.73 Å². The van der Waals surface area contributed by atoms with Crippen molar-refractivity contribution < 1.29 is 13.2 Å². The normalized spacial score (nSPS) is 14.4. The lowest BCUT2D eigenvalue weighted by molar-refractivity contribution is -0.136. The maximum atomic E-state index is 11.9. The van der Waals surface area contributed by atoms with E-state index in [1.54, 1.807) is 13.1 Å². The predicted octanol–water partition coefficient (Wildman–Crippen LogP) is 1.76. The minimum absolute atomic E-state index is 0.108. The van der Waals surface area contributed by atoms with Crippen molar-refractivity contribution in [2.75, 3.05) is 0 Å². The Bertz CT molecular complexity index is 292. The fourth-order valence-corrected chi connectivity index (χ4v) is 1.21. The predicted molar refractivity (Wildman–Crippen MR) is 45.4 cm³/mol. The van der Waals surface area contributed by atoms with E-state index < -0.39 is 18.6 Å². The topological polar surface area (TPSA) is 43.8 Å². The number of halogens is 3. The molecule has 0 aliphatic rings. The van der Waals surface area contributed by atoms with Gasteiger partial charge in [-0.3, -0.25) is 4.68 Å². The Morgan fingerprint density at radius 3 is 2.64 bits per heavy atom. The molecule has 3 nitrogen and oxygen atoms in total. The van der Waals surface area contributed by atoms with Gasteiger partial charge in [0.25, 0.3) is 0 Å². The number of alkyl halides is 3. The molecule has 6 heteroatoms. The summed E-state index contributed by atoms with van der Waals surface area (Å²) >= 11 is 0. The van der Waals surface area contributed by atoms with Gasteiger partial charge in [0.1, 0.15) is 0 Å². The molecule has 0 aliphatic carbocycles. The Hall–Kier alpha value is -1.04. The highest BCUT2D eigenvalue weighted by molar-refractivity contribution is 5.05. The highest BCUT2D eigenvalue weighted by Crippen LogP contribution is 2.25. The molecule has 1 aromatic heterocycles. The molecule has 14 heavy (non-hydrogen) atoms. The molecule has 0 aliphatic heterocycles. The zero-order chi connectivity index (χ0) is 10.8. The van der Waals surface area contributed by atoms with Gasteiger partial charge in [0, 0.05) is 25.7 Å². The molecule has 0 bridgehead atoms. The summed E-state index contributed by atoms with van der Waals surface area (Å²) in [4.78, 5) is 0. The monoisotopic (exact) mass is 207 g/mol. The quantitative estimate of drug-likeness (QED) is 0.820. The molecular weight excluding hydrogens is 195 g/mol. The van der Waals surface area contributed by atoms with E-state index in [-0.39, 0.29) is 6.42 Å². The first-order valence-corrected chi connectivity index (χ1v) is 4.20. The van der Waals surface area contributed by atoms with Gasteiger partial charge in [-0.05, 0) is 12.5 Å². The molecule has 0 fully saturated rings. The molecule has 1 heterocycles. The first-order valence-electron chi connectivity index (χ1n) is 4.20. The molecule has 0 saturated carbocycles. The van der Waals surface area contributed by atoms with Crippen molar-refractivity contribution in [3.05, 3.63) is 18.0 Å². The first-order chi connectivity index (χ1) is 6.40. The van der Waals surface area contributed by atoms with Crippen molar-refractivity contribution in [3.63, 3.8) is 0 Å². The summed E-state index contributed by atoms with van der Waals surface area (Å²) in [5.74, 6) is 0. The Labute approximate surface area is 79.7 Å². The SMILES string of the molecule is Cn1nccc1C(N)CCC(F)(F)F. The van der Waals surface area contributed by atoms with Crippen LogP contribution < -0.4 is 5.73 Å². The van der Waals surface area contributed by atoms with Crippen molar-refractivity contribution >= 4 is 0 Å². The van der Waals surface area contributed by atoms with Gasteiger partial charge in [-0.1, -0.05) is 0 Å². The van der Waals surface area contributed by atoms with Crippen LogP contribution in [0, 0.1) is 0 Å². The average Bonchev–Trinajstić information content (AvgIpc) is 2.46. The Balaban J connectivity index is 2.51. The lowest BCUT2D eigenvalue weighted by Gasteiger charge is -2.13. The van der Waals surface area contributed by atoms with Crippen LogP contribution in [0.5, 0.6) is 0 Å². The average molecular weight is 207 g/mol. The van der Waals surface area contributed by atoms with E-state index in [9.17, 15) is 13.2 Å². The molecule has 80 valence electrons. The summed E-state index contributed by atoms with van der Waals surface area (Å²) in [5, 5.41) is 3.84. The lowest BCUT2D eigenvalue weighted by atomic mass is 10.1. The fourth-order valence-electron chi connectivity index (χ4n) is 1.21. The van der Waals surface area contributed by atoms with Crippen molar-refractivity contribution in [3.8, 4) is 0 Å². The molecule has 1 aromatic rings. The highest BCUT2D eigenvalue weighted by atomic mass is 19.4. The number of nitrogens with two attached hydrogens (primary N) is 1. The van der Waals surface area contributed by atoms with Crippen LogP contribution in [0.3, 0.4) is 0 Å². The van der Waals surface area contributed by atoms with Crippen molar-refractivity contribution in [1.29, 1.82) is 0 Å². The smallest absolute Gasteiger partial charge is 0.323 e. The zero-order valence-corrected chi connectivity index (χ0v) is 7.75. The van der Waals surface area contributed by atoms with Crippen LogP contribution in [0.2, 0.25) is 0 Å². The third-order valence-electron chi connectivity index (χ3n) is 1.98.